The topological polar surface area (TPSA) is 64.1 Å². The Morgan fingerprint density at radius 3 is 2.67 bits per heavy atom. The predicted molar refractivity (Wildman–Crippen MR) is 116 cm³/mol. The molecule has 2 bridgehead atoms. The molecule has 5 nitrogen and oxygen atoms in total. The van der Waals surface area contributed by atoms with Gasteiger partial charge in [-0.25, -0.2) is 9.37 Å². The van der Waals surface area contributed by atoms with Crippen molar-refractivity contribution in [1.29, 1.82) is 0 Å². The molecule has 0 radical (unpaired) electrons. The minimum Gasteiger partial charge on any atom is -0.469 e. The number of ether oxygens (including phenoxy) is 1. The molecule has 6 rings (SSSR count). The zero-order valence-corrected chi connectivity index (χ0v) is 18.0. The van der Waals surface area contributed by atoms with E-state index in [9.17, 15) is 4.79 Å². The van der Waals surface area contributed by atoms with Crippen molar-refractivity contribution >= 4 is 44.8 Å². The van der Waals surface area contributed by atoms with Crippen LogP contribution in [0.2, 0.25) is 5.28 Å². The lowest BCUT2D eigenvalue weighted by Gasteiger charge is -2.47. The lowest BCUT2D eigenvalue weighted by atomic mass is 9.61. The van der Waals surface area contributed by atoms with Gasteiger partial charge in [-0.15, -0.1) is 11.3 Å². The van der Waals surface area contributed by atoms with Crippen molar-refractivity contribution < 1.29 is 13.9 Å². The van der Waals surface area contributed by atoms with Crippen molar-refractivity contribution in [3.63, 3.8) is 0 Å². The van der Waals surface area contributed by atoms with Gasteiger partial charge in [-0.2, -0.15) is 4.98 Å². The number of hydrogen-bond acceptors (Lipinski definition) is 6. The molecule has 3 aliphatic rings. The highest BCUT2D eigenvalue weighted by molar-refractivity contribution is 7.22. The number of fused-ring (bicyclic) bond motifs is 4. The highest BCUT2D eigenvalue weighted by Crippen LogP contribution is 2.47. The second-order valence-electron chi connectivity index (χ2n) is 8.05. The molecule has 3 saturated carbocycles. The largest absolute Gasteiger partial charge is 0.469 e. The van der Waals surface area contributed by atoms with Crippen molar-refractivity contribution in [2.45, 2.75) is 31.7 Å². The average Bonchev–Trinajstić information content (AvgIpc) is 3.20. The highest BCUT2D eigenvalue weighted by Gasteiger charge is 2.48. The summed E-state index contributed by atoms with van der Waals surface area (Å²) in [5.41, 5.74) is 0.175. The number of aromatic nitrogens is 2. The normalized spacial score (nSPS) is 25.4. The zero-order valence-electron chi connectivity index (χ0n) is 16.4. The van der Waals surface area contributed by atoms with Gasteiger partial charge < -0.3 is 10.1 Å². The van der Waals surface area contributed by atoms with Crippen LogP contribution in [0.25, 0.3) is 20.7 Å². The molecule has 156 valence electrons. The molecule has 0 spiro atoms. The van der Waals surface area contributed by atoms with E-state index in [1.807, 2.05) is 30.3 Å². The number of methoxy groups -OCH3 is 1. The fourth-order valence-corrected chi connectivity index (χ4v) is 6.28. The van der Waals surface area contributed by atoms with Crippen LogP contribution in [0, 0.1) is 23.6 Å². The number of nitrogens with zero attached hydrogens (tertiary/aromatic N) is 2. The fourth-order valence-electron chi connectivity index (χ4n) is 5.07. The van der Waals surface area contributed by atoms with Gasteiger partial charge in [0.2, 0.25) is 5.28 Å². The molecule has 2 atom stereocenters. The van der Waals surface area contributed by atoms with Gasteiger partial charge in [-0.05, 0) is 66.6 Å². The van der Waals surface area contributed by atoms with Crippen molar-refractivity contribution in [2.75, 3.05) is 12.4 Å². The first-order valence-electron chi connectivity index (χ1n) is 10.1. The van der Waals surface area contributed by atoms with E-state index in [2.05, 4.69) is 15.3 Å². The molecule has 3 aromatic rings. The minimum atomic E-state index is -0.545. The zero-order chi connectivity index (χ0) is 20.8. The third-order valence-corrected chi connectivity index (χ3v) is 7.77. The van der Waals surface area contributed by atoms with Crippen LogP contribution in [-0.4, -0.2) is 29.1 Å². The molecule has 0 amide bonds. The monoisotopic (exact) mass is 445 g/mol. The predicted octanol–water partition coefficient (Wildman–Crippen LogP) is 5.54. The average molecular weight is 446 g/mol. The summed E-state index contributed by atoms with van der Waals surface area (Å²) in [6.45, 7) is 0. The van der Waals surface area contributed by atoms with Crippen LogP contribution in [0.5, 0.6) is 0 Å². The van der Waals surface area contributed by atoms with E-state index in [1.165, 1.54) is 18.4 Å². The van der Waals surface area contributed by atoms with E-state index in [0.29, 0.717) is 4.88 Å². The first-order valence-corrected chi connectivity index (χ1v) is 11.3. The van der Waals surface area contributed by atoms with E-state index < -0.39 is 5.82 Å². The number of rotatable bonds is 4. The van der Waals surface area contributed by atoms with E-state index >= 15 is 4.39 Å². The number of hydrogen-bond donors (Lipinski definition) is 1. The Balaban J connectivity index is 1.52. The minimum absolute atomic E-state index is 0.0260. The smallest absolute Gasteiger partial charge is 0.311 e. The molecule has 1 aromatic carbocycles. The summed E-state index contributed by atoms with van der Waals surface area (Å²) in [6.07, 6.45) is 4.03. The molecule has 1 N–H and O–H groups in total. The molecule has 0 saturated heterocycles. The molecule has 2 aromatic heterocycles. The van der Waals surface area contributed by atoms with Gasteiger partial charge in [0.25, 0.3) is 0 Å². The Morgan fingerprint density at radius 2 is 1.93 bits per heavy atom. The summed E-state index contributed by atoms with van der Waals surface area (Å²) in [5, 5.41) is 4.22. The number of esters is 1. The van der Waals surface area contributed by atoms with Gasteiger partial charge in [-0.1, -0.05) is 18.2 Å². The Hall–Kier alpha value is -2.25. The molecule has 2 heterocycles. The molecule has 3 aliphatic carbocycles. The van der Waals surface area contributed by atoms with Crippen molar-refractivity contribution in [3.8, 4) is 10.6 Å². The molecular formula is C22H21ClFN3O2S. The van der Waals surface area contributed by atoms with E-state index in [1.54, 1.807) is 0 Å². The fraction of sp³-hybridized carbons (Fsp3) is 0.409. The summed E-state index contributed by atoms with van der Waals surface area (Å²) in [6, 6.07) is 9.55. The van der Waals surface area contributed by atoms with E-state index in [-0.39, 0.29) is 46.6 Å². The number of benzene rings is 1. The number of carbonyl (C=O) groups excluding carboxylic acids is 1. The molecular weight excluding hydrogens is 425 g/mol. The highest BCUT2D eigenvalue weighted by atomic mass is 35.5. The maximum Gasteiger partial charge on any atom is 0.311 e. The van der Waals surface area contributed by atoms with Crippen LogP contribution in [0.15, 0.2) is 30.3 Å². The van der Waals surface area contributed by atoms with E-state index in [0.717, 1.165) is 35.8 Å². The number of halogens is 2. The summed E-state index contributed by atoms with van der Waals surface area (Å²) >= 11 is 7.64. The molecule has 0 aliphatic heterocycles. The van der Waals surface area contributed by atoms with Crippen LogP contribution in [-0.2, 0) is 9.53 Å². The maximum atomic E-state index is 15.5. The summed E-state index contributed by atoms with van der Waals surface area (Å²) in [7, 11) is 1.41. The summed E-state index contributed by atoms with van der Waals surface area (Å²) in [4.78, 5) is 21.5. The number of thiophene rings is 1. The molecule has 30 heavy (non-hydrogen) atoms. The maximum absolute atomic E-state index is 15.5. The quantitative estimate of drug-likeness (QED) is 0.422. The van der Waals surface area contributed by atoms with Crippen LogP contribution in [0.3, 0.4) is 0 Å². The van der Waals surface area contributed by atoms with Gasteiger partial charge in [0.05, 0.1) is 17.9 Å². The Bertz CT molecular complexity index is 1080. The third-order valence-electron chi connectivity index (χ3n) is 6.48. The van der Waals surface area contributed by atoms with Crippen molar-refractivity contribution in [1.82, 2.24) is 9.97 Å². The van der Waals surface area contributed by atoms with E-state index in [4.69, 9.17) is 16.3 Å². The van der Waals surface area contributed by atoms with Gasteiger partial charge in [-0.3, -0.25) is 4.79 Å². The lowest BCUT2D eigenvalue weighted by Crippen LogP contribution is -2.52. The van der Waals surface area contributed by atoms with Gasteiger partial charge in [0.1, 0.15) is 5.69 Å². The van der Waals surface area contributed by atoms with Crippen LogP contribution < -0.4 is 5.32 Å². The molecule has 0 unspecified atom stereocenters. The van der Waals surface area contributed by atoms with Crippen LogP contribution in [0.1, 0.15) is 25.7 Å². The van der Waals surface area contributed by atoms with Crippen LogP contribution in [0.4, 0.5) is 10.2 Å². The Labute approximate surface area is 182 Å². The molecule has 3 fully saturated rings. The Kier molecular flexibility index (Phi) is 5.11. The van der Waals surface area contributed by atoms with Crippen molar-refractivity contribution in [2.24, 2.45) is 17.8 Å². The summed E-state index contributed by atoms with van der Waals surface area (Å²) < 4.78 is 21.6. The lowest BCUT2D eigenvalue weighted by molar-refractivity contribution is -0.152. The second kappa shape index (κ2) is 7.78. The van der Waals surface area contributed by atoms with Gasteiger partial charge in [0, 0.05) is 10.7 Å². The van der Waals surface area contributed by atoms with Gasteiger partial charge in [0.15, 0.2) is 11.6 Å². The van der Waals surface area contributed by atoms with Crippen molar-refractivity contribution in [3.05, 3.63) is 41.4 Å². The molecule has 8 heteroatoms. The standard InChI is InChI=1S/C22H21ClFN3O2S/c1-29-21(28)16-11-6-8-12(9-7-11)18(16)25-20-17(24)19(26-22(23)27-20)15-10-13-4-2-3-5-14(13)30-15/h2-5,10-12,16,18H,6-9H2,1H3,(H,25,26,27)/t11?,12?,16-,18-/m0/s1. The Morgan fingerprint density at radius 1 is 1.20 bits per heavy atom. The SMILES string of the molecule is COC(=O)[C@H]1C2CCC(CC2)[C@@H]1Nc1nc(Cl)nc(-c2cc3ccccc3s2)c1F. The number of carbonyl (C=O) groups is 1. The first-order chi connectivity index (χ1) is 14.5. The second-order valence-corrected chi connectivity index (χ2v) is 9.47. The number of anilines is 1. The van der Waals surface area contributed by atoms with Crippen LogP contribution >= 0.6 is 22.9 Å². The first kappa shape index (κ1) is 19.7. The summed E-state index contributed by atoms with van der Waals surface area (Å²) in [5.74, 6) is -0.511. The van der Waals surface area contributed by atoms with Gasteiger partial charge >= 0.3 is 5.97 Å². The third kappa shape index (κ3) is 3.34. The number of nitrogens with one attached hydrogen (secondary N) is 1.